The second-order valence-electron chi connectivity index (χ2n) is 3.99. The van der Waals surface area contributed by atoms with Gasteiger partial charge in [-0.3, -0.25) is 4.98 Å². The van der Waals surface area contributed by atoms with Crippen molar-refractivity contribution in [1.82, 2.24) is 15.3 Å². The van der Waals surface area contributed by atoms with Gasteiger partial charge in [0.2, 0.25) is 0 Å². The molecule has 0 aliphatic heterocycles. The van der Waals surface area contributed by atoms with E-state index >= 15 is 0 Å². The van der Waals surface area contributed by atoms with Crippen molar-refractivity contribution in [3.05, 3.63) is 18.1 Å². The van der Waals surface area contributed by atoms with Crippen LogP contribution in [-0.2, 0) is 6.54 Å². The molecule has 0 bridgehead atoms. The lowest BCUT2D eigenvalue weighted by Gasteiger charge is -2.06. The summed E-state index contributed by atoms with van der Waals surface area (Å²) in [4.78, 5) is 8.67. The van der Waals surface area contributed by atoms with Crippen molar-refractivity contribution in [2.75, 3.05) is 11.9 Å². The van der Waals surface area contributed by atoms with Gasteiger partial charge in [0.15, 0.2) is 0 Å². The highest BCUT2D eigenvalue weighted by molar-refractivity contribution is 5.34. The molecule has 1 heterocycles. The van der Waals surface area contributed by atoms with Gasteiger partial charge in [-0.25, -0.2) is 4.98 Å². The maximum atomic E-state index is 4.49. The maximum absolute atomic E-state index is 4.49. The minimum Gasteiger partial charge on any atom is -0.366 e. The highest BCUT2D eigenvalue weighted by Crippen LogP contribution is 2.23. The van der Waals surface area contributed by atoms with Crippen molar-refractivity contribution in [2.24, 2.45) is 0 Å². The van der Waals surface area contributed by atoms with Gasteiger partial charge in [0.05, 0.1) is 11.9 Å². The summed E-state index contributed by atoms with van der Waals surface area (Å²) in [5.74, 6) is 0.910. The fraction of sp³-hybridized carbons (Fsp3) is 0.636. The Hall–Kier alpha value is -1.16. The summed E-state index contributed by atoms with van der Waals surface area (Å²) >= 11 is 0. The van der Waals surface area contributed by atoms with Gasteiger partial charge >= 0.3 is 0 Å². The molecule has 1 saturated carbocycles. The van der Waals surface area contributed by atoms with E-state index < -0.39 is 0 Å². The van der Waals surface area contributed by atoms with E-state index in [1.165, 1.54) is 12.8 Å². The van der Waals surface area contributed by atoms with E-state index in [2.05, 4.69) is 27.5 Å². The third kappa shape index (κ3) is 3.47. The molecule has 0 radical (unpaired) electrons. The maximum Gasteiger partial charge on any atom is 0.145 e. The van der Waals surface area contributed by atoms with Crippen LogP contribution in [0.25, 0.3) is 0 Å². The lowest BCUT2D eigenvalue weighted by molar-refractivity contribution is 0.662. The van der Waals surface area contributed by atoms with Crippen molar-refractivity contribution < 1.29 is 0 Å². The molecule has 0 amide bonds. The second-order valence-corrected chi connectivity index (χ2v) is 3.99. The van der Waals surface area contributed by atoms with Crippen LogP contribution in [0.3, 0.4) is 0 Å². The molecule has 82 valence electrons. The molecule has 0 saturated heterocycles. The first-order valence-corrected chi connectivity index (χ1v) is 5.66. The monoisotopic (exact) mass is 206 g/mol. The summed E-state index contributed by atoms with van der Waals surface area (Å²) in [5.41, 5.74) is 1.01. The Morgan fingerprint density at radius 1 is 1.40 bits per heavy atom. The predicted molar refractivity (Wildman–Crippen MR) is 60.7 cm³/mol. The minimum atomic E-state index is 0.637. The molecule has 0 unspecified atom stereocenters. The molecule has 0 spiro atoms. The van der Waals surface area contributed by atoms with Crippen LogP contribution in [0.4, 0.5) is 5.82 Å². The number of nitrogens with one attached hydrogen (secondary N) is 2. The van der Waals surface area contributed by atoms with Crippen molar-refractivity contribution in [2.45, 2.75) is 38.8 Å². The van der Waals surface area contributed by atoms with Gasteiger partial charge in [-0.15, -0.1) is 0 Å². The van der Waals surface area contributed by atoms with Crippen molar-refractivity contribution in [1.29, 1.82) is 0 Å². The highest BCUT2D eigenvalue weighted by atomic mass is 15.1. The number of hydrogen-bond acceptors (Lipinski definition) is 4. The van der Waals surface area contributed by atoms with Gasteiger partial charge in [0.25, 0.3) is 0 Å². The second kappa shape index (κ2) is 5.07. The summed E-state index contributed by atoms with van der Waals surface area (Å²) in [6, 6.07) is 0.637. The fourth-order valence-corrected chi connectivity index (χ4v) is 1.39. The highest BCUT2D eigenvalue weighted by Gasteiger charge is 2.21. The van der Waals surface area contributed by atoms with Crippen LogP contribution < -0.4 is 10.6 Å². The molecule has 1 fully saturated rings. The standard InChI is InChI=1S/C11H18N4/c1-2-5-12-6-10-7-13-8-11(15-10)14-9-3-4-9/h7-9,12H,2-6H2,1H3,(H,14,15). The van der Waals surface area contributed by atoms with Crippen LogP contribution in [-0.4, -0.2) is 22.6 Å². The Bertz CT molecular complexity index is 309. The Morgan fingerprint density at radius 3 is 3.00 bits per heavy atom. The van der Waals surface area contributed by atoms with Gasteiger partial charge in [0.1, 0.15) is 5.82 Å². The molecule has 2 N–H and O–H groups in total. The molecule has 0 aromatic carbocycles. The van der Waals surface area contributed by atoms with E-state index in [4.69, 9.17) is 0 Å². The van der Waals surface area contributed by atoms with Gasteiger partial charge < -0.3 is 10.6 Å². The first-order valence-electron chi connectivity index (χ1n) is 5.66. The zero-order valence-corrected chi connectivity index (χ0v) is 9.16. The summed E-state index contributed by atoms with van der Waals surface area (Å²) in [6.07, 6.45) is 7.29. The fourth-order valence-electron chi connectivity index (χ4n) is 1.39. The molecule has 4 nitrogen and oxygen atoms in total. The van der Waals surface area contributed by atoms with Crippen molar-refractivity contribution >= 4 is 5.82 Å². The molecule has 15 heavy (non-hydrogen) atoms. The normalized spacial score (nSPS) is 15.3. The Balaban J connectivity index is 1.86. The van der Waals surface area contributed by atoms with Gasteiger partial charge in [-0.1, -0.05) is 6.92 Å². The number of rotatable bonds is 6. The zero-order chi connectivity index (χ0) is 10.5. The molecular weight excluding hydrogens is 188 g/mol. The molecular formula is C11H18N4. The first kappa shape index (κ1) is 10.4. The lowest BCUT2D eigenvalue weighted by atomic mass is 10.4. The van der Waals surface area contributed by atoms with Gasteiger partial charge in [-0.05, 0) is 25.8 Å². The minimum absolute atomic E-state index is 0.637. The van der Waals surface area contributed by atoms with E-state index in [1.807, 2.05) is 6.20 Å². The molecule has 1 aromatic rings. The number of hydrogen-bond donors (Lipinski definition) is 2. The lowest BCUT2D eigenvalue weighted by Crippen LogP contribution is -2.15. The Morgan fingerprint density at radius 2 is 2.27 bits per heavy atom. The average Bonchev–Trinajstić information content (AvgIpc) is 3.03. The first-order chi connectivity index (χ1) is 7.38. The van der Waals surface area contributed by atoms with E-state index in [-0.39, 0.29) is 0 Å². The van der Waals surface area contributed by atoms with Crippen LogP contribution >= 0.6 is 0 Å². The van der Waals surface area contributed by atoms with Gasteiger partial charge in [0, 0.05) is 18.8 Å². The third-order valence-corrected chi connectivity index (χ3v) is 2.35. The van der Waals surface area contributed by atoms with Crippen LogP contribution in [0.2, 0.25) is 0 Å². The van der Waals surface area contributed by atoms with E-state index in [0.717, 1.165) is 31.0 Å². The smallest absolute Gasteiger partial charge is 0.145 e. The summed E-state index contributed by atoms with van der Waals surface area (Å²) < 4.78 is 0. The largest absolute Gasteiger partial charge is 0.366 e. The SMILES string of the molecule is CCCNCc1cncc(NC2CC2)n1. The topological polar surface area (TPSA) is 49.8 Å². The number of anilines is 1. The van der Waals surface area contributed by atoms with E-state index in [9.17, 15) is 0 Å². The third-order valence-electron chi connectivity index (χ3n) is 2.35. The summed E-state index contributed by atoms with van der Waals surface area (Å²) in [5, 5.41) is 6.66. The summed E-state index contributed by atoms with van der Waals surface area (Å²) in [6.45, 7) is 3.99. The predicted octanol–water partition coefficient (Wildman–Crippen LogP) is 1.55. The number of nitrogens with zero attached hydrogens (tertiary/aromatic N) is 2. The molecule has 1 aliphatic carbocycles. The quantitative estimate of drug-likeness (QED) is 0.693. The molecule has 1 aromatic heterocycles. The average molecular weight is 206 g/mol. The van der Waals surface area contributed by atoms with E-state index in [0.29, 0.717) is 6.04 Å². The molecule has 0 atom stereocenters. The van der Waals surface area contributed by atoms with Crippen LogP contribution in [0.15, 0.2) is 12.4 Å². The van der Waals surface area contributed by atoms with Gasteiger partial charge in [-0.2, -0.15) is 0 Å². The Kier molecular flexibility index (Phi) is 3.50. The molecule has 1 aliphatic rings. The Labute approximate surface area is 90.5 Å². The van der Waals surface area contributed by atoms with E-state index in [1.54, 1.807) is 6.20 Å². The van der Waals surface area contributed by atoms with Crippen LogP contribution in [0, 0.1) is 0 Å². The summed E-state index contributed by atoms with van der Waals surface area (Å²) in [7, 11) is 0. The van der Waals surface area contributed by atoms with Crippen molar-refractivity contribution in [3.63, 3.8) is 0 Å². The molecule has 2 rings (SSSR count). The van der Waals surface area contributed by atoms with Crippen molar-refractivity contribution in [3.8, 4) is 0 Å². The van der Waals surface area contributed by atoms with Crippen LogP contribution in [0.1, 0.15) is 31.9 Å². The number of aromatic nitrogens is 2. The zero-order valence-electron chi connectivity index (χ0n) is 9.16. The van der Waals surface area contributed by atoms with Crippen LogP contribution in [0.5, 0.6) is 0 Å². The molecule has 4 heteroatoms.